The Bertz CT molecular complexity index is 865. The number of hydrogen-bond donors (Lipinski definition) is 1. The van der Waals surface area contributed by atoms with Crippen LogP contribution in [0.15, 0.2) is 36.4 Å². The predicted octanol–water partition coefficient (Wildman–Crippen LogP) is 3.54. The molecular weight excluding hydrogens is 347 g/mol. The number of hydrogen-bond acceptors (Lipinski definition) is 4. The maximum Gasteiger partial charge on any atom is 0.251 e. The Morgan fingerprint density at radius 3 is 2.52 bits per heavy atom. The molecule has 2 aliphatic rings. The van der Waals surface area contributed by atoms with E-state index in [1.165, 1.54) is 6.07 Å². The Morgan fingerprint density at radius 2 is 1.85 bits per heavy atom. The molecule has 1 heterocycles. The van der Waals surface area contributed by atoms with Crippen LogP contribution in [0.1, 0.15) is 34.8 Å². The average molecular weight is 370 g/mol. The summed E-state index contributed by atoms with van der Waals surface area (Å²) in [6, 6.07) is 10.2. The van der Waals surface area contributed by atoms with Crippen LogP contribution in [-0.2, 0) is 0 Å². The fourth-order valence-electron chi connectivity index (χ4n) is 3.39. The molecule has 1 unspecified atom stereocenters. The molecule has 0 saturated heterocycles. The highest BCUT2D eigenvalue weighted by molar-refractivity contribution is 5.95. The van der Waals surface area contributed by atoms with Crippen LogP contribution in [-0.4, -0.2) is 33.2 Å². The number of carbonyl (C=O) groups excluding carboxylic acids is 1. The summed E-state index contributed by atoms with van der Waals surface area (Å²) in [5.41, 5.74) is 1.76. The minimum Gasteiger partial charge on any atom is -0.486 e. The zero-order chi connectivity index (χ0) is 19.0. The average Bonchev–Trinajstić information content (AvgIpc) is 3.50. The number of halogens is 1. The van der Waals surface area contributed by atoms with Gasteiger partial charge in [-0.2, -0.15) is 0 Å². The van der Waals surface area contributed by atoms with Gasteiger partial charge >= 0.3 is 0 Å². The van der Waals surface area contributed by atoms with E-state index in [1.54, 1.807) is 31.1 Å². The van der Waals surface area contributed by atoms with Crippen LogP contribution >= 0.6 is 0 Å². The van der Waals surface area contributed by atoms with Crippen molar-refractivity contribution in [1.82, 2.24) is 5.32 Å². The topological polar surface area (TPSA) is 50.8 Å². The predicted molar refractivity (Wildman–Crippen MR) is 101 cm³/mol. The molecule has 142 valence electrons. The first kappa shape index (κ1) is 17.6. The molecule has 1 atom stereocenters. The quantitative estimate of drug-likeness (QED) is 0.875. The van der Waals surface area contributed by atoms with Gasteiger partial charge in [-0.15, -0.1) is 0 Å². The molecule has 4 rings (SSSR count). The van der Waals surface area contributed by atoms with E-state index in [9.17, 15) is 9.18 Å². The zero-order valence-corrected chi connectivity index (χ0v) is 15.5. The number of nitrogens with one attached hydrogen (secondary N) is 1. The van der Waals surface area contributed by atoms with E-state index < -0.39 is 5.82 Å². The van der Waals surface area contributed by atoms with E-state index in [4.69, 9.17) is 9.47 Å². The molecule has 0 radical (unpaired) electrons. The van der Waals surface area contributed by atoms with Crippen molar-refractivity contribution >= 4 is 11.6 Å². The number of benzene rings is 2. The Labute approximate surface area is 158 Å². The third-order valence-electron chi connectivity index (χ3n) is 5.00. The van der Waals surface area contributed by atoms with Gasteiger partial charge in [-0.3, -0.25) is 4.79 Å². The van der Waals surface area contributed by atoms with Crippen molar-refractivity contribution in [2.45, 2.75) is 18.9 Å². The van der Waals surface area contributed by atoms with Crippen molar-refractivity contribution in [1.29, 1.82) is 0 Å². The second-order valence-corrected chi connectivity index (χ2v) is 7.25. The molecule has 1 amide bonds. The number of fused-ring (bicyclic) bond motifs is 1. The standard InChI is InChI=1S/C21H23FN2O3/c1-24(2)17-7-5-15(11-16(17)22)21(25)23-20(13-3-4-13)14-6-8-18-19(12-14)27-10-9-26-18/h5-8,11-13,20H,3-4,9-10H2,1-2H3,(H,23,25). The normalized spacial score (nSPS) is 16.6. The highest BCUT2D eigenvalue weighted by atomic mass is 19.1. The van der Waals surface area contributed by atoms with Crippen molar-refractivity contribution in [3.8, 4) is 11.5 Å². The first-order chi connectivity index (χ1) is 13.0. The molecule has 1 saturated carbocycles. The van der Waals surface area contributed by atoms with Gasteiger partial charge in [-0.1, -0.05) is 6.07 Å². The van der Waals surface area contributed by atoms with Crippen LogP contribution in [0.3, 0.4) is 0 Å². The van der Waals surface area contributed by atoms with Crippen molar-refractivity contribution in [3.05, 3.63) is 53.3 Å². The summed E-state index contributed by atoms with van der Waals surface area (Å²) in [6.45, 7) is 1.07. The Morgan fingerprint density at radius 1 is 1.11 bits per heavy atom. The second kappa shape index (κ2) is 7.10. The van der Waals surface area contributed by atoms with E-state index in [2.05, 4.69) is 5.32 Å². The lowest BCUT2D eigenvalue weighted by atomic mass is 10.0. The minimum absolute atomic E-state index is 0.120. The summed E-state index contributed by atoms with van der Waals surface area (Å²) in [7, 11) is 3.53. The van der Waals surface area contributed by atoms with E-state index in [-0.39, 0.29) is 11.9 Å². The summed E-state index contributed by atoms with van der Waals surface area (Å²) < 4.78 is 25.5. The fourth-order valence-corrected chi connectivity index (χ4v) is 3.39. The lowest BCUT2D eigenvalue weighted by Crippen LogP contribution is -2.30. The molecule has 2 aromatic carbocycles. The first-order valence-corrected chi connectivity index (χ1v) is 9.20. The van der Waals surface area contributed by atoms with Crippen LogP contribution in [0.4, 0.5) is 10.1 Å². The molecule has 27 heavy (non-hydrogen) atoms. The van der Waals surface area contributed by atoms with Crippen LogP contribution in [0.2, 0.25) is 0 Å². The Kier molecular flexibility index (Phi) is 4.64. The Hall–Kier alpha value is -2.76. The van der Waals surface area contributed by atoms with Crippen LogP contribution < -0.4 is 19.7 Å². The van der Waals surface area contributed by atoms with Gasteiger partial charge in [0.2, 0.25) is 0 Å². The van der Waals surface area contributed by atoms with Gasteiger partial charge in [0.1, 0.15) is 19.0 Å². The number of amides is 1. The smallest absolute Gasteiger partial charge is 0.251 e. The molecule has 2 aromatic rings. The second-order valence-electron chi connectivity index (χ2n) is 7.25. The highest BCUT2D eigenvalue weighted by Crippen LogP contribution is 2.43. The SMILES string of the molecule is CN(C)c1ccc(C(=O)NC(c2ccc3c(c2)OCCO3)C2CC2)cc1F. The summed E-state index contributed by atoms with van der Waals surface area (Å²) in [6.07, 6.45) is 2.13. The Balaban J connectivity index is 1.55. The van der Waals surface area contributed by atoms with E-state index >= 15 is 0 Å². The van der Waals surface area contributed by atoms with Gasteiger partial charge in [-0.05, 0) is 54.7 Å². The van der Waals surface area contributed by atoms with Gasteiger partial charge in [0.05, 0.1) is 11.7 Å². The van der Waals surface area contributed by atoms with Gasteiger partial charge in [0, 0.05) is 19.7 Å². The van der Waals surface area contributed by atoms with E-state index in [0.717, 1.165) is 24.2 Å². The third-order valence-corrected chi connectivity index (χ3v) is 5.00. The van der Waals surface area contributed by atoms with Gasteiger partial charge in [0.15, 0.2) is 11.5 Å². The first-order valence-electron chi connectivity index (χ1n) is 9.20. The van der Waals surface area contributed by atoms with Crippen LogP contribution in [0.5, 0.6) is 11.5 Å². The molecule has 0 aromatic heterocycles. The summed E-state index contributed by atoms with van der Waals surface area (Å²) in [4.78, 5) is 14.4. The molecule has 0 bridgehead atoms. The maximum absolute atomic E-state index is 14.2. The molecule has 1 aliphatic carbocycles. The van der Waals surface area contributed by atoms with Crippen molar-refractivity contribution in [2.75, 3.05) is 32.2 Å². The molecule has 5 nitrogen and oxygen atoms in total. The monoisotopic (exact) mass is 370 g/mol. The minimum atomic E-state index is -0.407. The molecule has 1 aliphatic heterocycles. The lowest BCUT2D eigenvalue weighted by Gasteiger charge is -2.23. The summed E-state index contributed by atoms with van der Waals surface area (Å²) in [5, 5.41) is 3.08. The molecular formula is C21H23FN2O3. The summed E-state index contributed by atoms with van der Waals surface area (Å²) >= 11 is 0. The van der Waals surface area contributed by atoms with Crippen LogP contribution in [0.25, 0.3) is 0 Å². The molecule has 6 heteroatoms. The number of anilines is 1. The summed E-state index contributed by atoms with van der Waals surface area (Å²) in [5.74, 6) is 1.15. The molecule has 1 N–H and O–H groups in total. The zero-order valence-electron chi connectivity index (χ0n) is 15.5. The number of rotatable bonds is 5. The van der Waals surface area contributed by atoms with Crippen LogP contribution in [0, 0.1) is 11.7 Å². The van der Waals surface area contributed by atoms with E-state index in [0.29, 0.717) is 36.1 Å². The number of ether oxygens (including phenoxy) is 2. The number of nitrogens with zero attached hydrogens (tertiary/aromatic N) is 1. The van der Waals surface area contributed by atoms with Gasteiger partial charge in [-0.25, -0.2) is 4.39 Å². The van der Waals surface area contributed by atoms with Gasteiger partial charge < -0.3 is 19.7 Å². The molecule has 1 fully saturated rings. The largest absolute Gasteiger partial charge is 0.486 e. The lowest BCUT2D eigenvalue weighted by molar-refractivity contribution is 0.0931. The van der Waals surface area contributed by atoms with E-state index in [1.807, 2.05) is 18.2 Å². The molecule has 0 spiro atoms. The fraction of sp³-hybridized carbons (Fsp3) is 0.381. The number of carbonyl (C=O) groups is 1. The van der Waals surface area contributed by atoms with Crippen molar-refractivity contribution in [3.63, 3.8) is 0 Å². The van der Waals surface area contributed by atoms with Crippen molar-refractivity contribution < 1.29 is 18.7 Å². The maximum atomic E-state index is 14.2. The highest BCUT2D eigenvalue weighted by Gasteiger charge is 2.34. The van der Waals surface area contributed by atoms with Gasteiger partial charge in [0.25, 0.3) is 5.91 Å². The third kappa shape index (κ3) is 3.70. The van der Waals surface area contributed by atoms with Crippen molar-refractivity contribution in [2.24, 2.45) is 5.92 Å².